The van der Waals surface area contributed by atoms with E-state index in [9.17, 15) is 9.90 Å². The van der Waals surface area contributed by atoms with Gasteiger partial charge in [-0.1, -0.05) is 26.0 Å². The van der Waals surface area contributed by atoms with Crippen LogP contribution in [0.2, 0.25) is 0 Å². The van der Waals surface area contributed by atoms with Gasteiger partial charge in [0, 0.05) is 37.9 Å². The van der Waals surface area contributed by atoms with Gasteiger partial charge in [0.15, 0.2) is 0 Å². The van der Waals surface area contributed by atoms with E-state index in [1.807, 2.05) is 26.0 Å². The minimum atomic E-state index is -0.406. The van der Waals surface area contributed by atoms with Crippen LogP contribution in [0.15, 0.2) is 24.3 Å². The highest BCUT2D eigenvalue weighted by Crippen LogP contribution is 2.28. The van der Waals surface area contributed by atoms with Gasteiger partial charge < -0.3 is 15.3 Å². The maximum Gasteiger partial charge on any atom is 0.234 e. The van der Waals surface area contributed by atoms with Crippen molar-refractivity contribution in [1.29, 1.82) is 5.26 Å². The summed E-state index contributed by atoms with van der Waals surface area (Å²) in [5.41, 5.74) is 2.22. The number of piperazine rings is 1. The number of anilines is 1. The van der Waals surface area contributed by atoms with E-state index in [4.69, 9.17) is 5.26 Å². The first-order chi connectivity index (χ1) is 15.0. The zero-order valence-electron chi connectivity index (χ0n) is 19.1. The van der Waals surface area contributed by atoms with Crippen molar-refractivity contribution in [2.75, 3.05) is 37.6 Å². The Morgan fingerprint density at radius 2 is 1.90 bits per heavy atom. The number of amides is 1. The molecule has 1 amide bonds. The Kier molecular flexibility index (Phi) is 8.74. The number of hydrogen-bond acceptors (Lipinski definition) is 5. The molecule has 1 atom stereocenters. The van der Waals surface area contributed by atoms with Crippen molar-refractivity contribution in [2.45, 2.75) is 64.5 Å². The summed E-state index contributed by atoms with van der Waals surface area (Å²) in [7, 11) is 0. The van der Waals surface area contributed by atoms with E-state index in [1.54, 1.807) is 0 Å². The van der Waals surface area contributed by atoms with Gasteiger partial charge in [-0.2, -0.15) is 5.26 Å². The Hall–Kier alpha value is -2.10. The highest BCUT2D eigenvalue weighted by Gasteiger charge is 2.24. The Balaban J connectivity index is 1.37. The summed E-state index contributed by atoms with van der Waals surface area (Å²) >= 11 is 0. The van der Waals surface area contributed by atoms with Gasteiger partial charge in [-0.05, 0) is 68.2 Å². The van der Waals surface area contributed by atoms with Crippen molar-refractivity contribution in [2.24, 2.45) is 11.8 Å². The van der Waals surface area contributed by atoms with E-state index >= 15 is 0 Å². The number of nitrogens with one attached hydrogen (secondary N) is 1. The van der Waals surface area contributed by atoms with Crippen LogP contribution in [0.1, 0.15) is 64.0 Å². The summed E-state index contributed by atoms with van der Waals surface area (Å²) in [6, 6.07) is 10.5. The maximum atomic E-state index is 11.6. The van der Waals surface area contributed by atoms with Gasteiger partial charge >= 0.3 is 0 Å². The number of aliphatic hydroxyl groups is 1. The summed E-state index contributed by atoms with van der Waals surface area (Å²) in [5.74, 6) is 0.834. The molecule has 1 heterocycles. The molecule has 2 N–H and O–H groups in total. The van der Waals surface area contributed by atoms with Crippen molar-refractivity contribution >= 4 is 11.6 Å². The van der Waals surface area contributed by atoms with Crippen molar-refractivity contribution in [3.63, 3.8) is 0 Å². The summed E-state index contributed by atoms with van der Waals surface area (Å²) in [6.07, 6.45) is 5.20. The van der Waals surface area contributed by atoms with Gasteiger partial charge in [0.2, 0.25) is 5.91 Å². The molecular formula is C25H38N4O2. The minimum absolute atomic E-state index is 0.0332. The Morgan fingerprint density at radius 1 is 1.19 bits per heavy atom. The van der Waals surface area contributed by atoms with Gasteiger partial charge in [0.1, 0.15) is 6.42 Å². The Bertz CT molecular complexity index is 744. The number of rotatable bonds is 8. The molecule has 6 nitrogen and oxygen atoms in total. The zero-order chi connectivity index (χ0) is 22.2. The molecule has 1 saturated carbocycles. The second-order valence-corrected chi connectivity index (χ2v) is 9.52. The third kappa shape index (κ3) is 6.95. The number of aliphatic hydroxyl groups excluding tert-OH is 1. The lowest BCUT2D eigenvalue weighted by Crippen LogP contribution is -2.47. The molecule has 1 aromatic carbocycles. The van der Waals surface area contributed by atoms with Crippen LogP contribution < -0.4 is 10.2 Å². The molecule has 0 aromatic heterocycles. The molecule has 6 heteroatoms. The highest BCUT2D eigenvalue weighted by molar-refractivity contribution is 5.78. The number of hydrogen-bond donors (Lipinski definition) is 2. The third-order valence-corrected chi connectivity index (χ3v) is 6.89. The SMILES string of the molecule is CC(C)C(O)c1cccc(N2CCN(CC[C@H]3CC[C@H](NC(=O)CC#N)CC3)CC2)c1. The molecule has 0 bridgehead atoms. The van der Waals surface area contributed by atoms with Crippen LogP contribution in [0.5, 0.6) is 0 Å². The van der Waals surface area contributed by atoms with Gasteiger partial charge in [0.05, 0.1) is 12.2 Å². The number of carbonyl (C=O) groups excluding carboxylic acids is 1. The predicted octanol–water partition coefficient (Wildman–Crippen LogP) is 3.48. The second-order valence-electron chi connectivity index (χ2n) is 9.52. The second kappa shape index (κ2) is 11.5. The van der Waals surface area contributed by atoms with Gasteiger partial charge in [-0.25, -0.2) is 0 Å². The summed E-state index contributed by atoms with van der Waals surface area (Å²) in [4.78, 5) is 16.6. The van der Waals surface area contributed by atoms with E-state index < -0.39 is 6.10 Å². The molecule has 31 heavy (non-hydrogen) atoms. The molecule has 1 aromatic rings. The topological polar surface area (TPSA) is 79.6 Å². The molecule has 170 valence electrons. The van der Waals surface area contributed by atoms with Crippen LogP contribution in [-0.2, 0) is 4.79 Å². The number of nitriles is 1. The number of benzene rings is 1. The lowest BCUT2D eigenvalue weighted by atomic mass is 9.84. The smallest absolute Gasteiger partial charge is 0.234 e. The van der Waals surface area contributed by atoms with Crippen molar-refractivity contribution in [3.05, 3.63) is 29.8 Å². The number of carbonyl (C=O) groups is 1. The van der Waals surface area contributed by atoms with Crippen molar-refractivity contribution < 1.29 is 9.90 Å². The highest BCUT2D eigenvalue weighted by atomic mass is 16.3. The Labute approximate surface area is 187 Å². The van der Waals surface area contributed by atoms with E-state index in [0.717, 1.165) is 57.0 Å². The fourth-order valence-electron chi connectivity index (χ4n) is 4.83. The average molecular weight is 427 g/mol. The lowest BCUT2D eigenvalue weighted by molar-refractivity contribution is -0.121. The molecule has 1 aliphatic carbocycles. The molecule has 1 aliphatic heterocycles. The van der Waals surface area contributed by atoms with E-state index in [0.29, 0.717) is 0 Å². The van der Waals surface area contributed by atoms with Crippen LogP contribution >= 0.6 is 0 Å². The summed E-state index contributed by atoms with van der Waals surface area (Å²) in [5, 5.41) is 22.0. The van der Waals surface area contributed by atoms with Crippen LogP contribution in [0.25, 0.3) is 0 Å². The van der Waals surface area contributed by atoms with Crippen molar-refractivity contribution in [1.82, 2.24) is 10.2 Å². The van der Waals surface area contributed by atoms with E-state index in [2.05, 4.69) is 33.3 Å². The molecule has 3 rings (SSSR count). The molecular weight excluding hydrogens is 388 g/mol. The van der Waals surface area contributed by atoms with Gasteiger partial charge in [0.25, 0.3) is 0 Å². The average Bonchev–Trinajstić information content (AvgIpc) is 2.78. The van der Waals surface area contributed by atoms with Crippen LogP contribution in [0.4, 0.5) is 5.69 Å². The van der Waals surface area contributed by atoms with Crippen LogP contribution in [0, 0.1) is 23.2 Å². The monoisotopic (exact) mass is 426 g/mol. The molecule has 2 fully saturated rings. The maximum absolute atomic E-state index is 11.6. The summed E-state index contributed by atoms with van der Waals surface area (Å²) in [6.45, 7) is 9.46. The van der Waals surface area contributed by atoms with Gasteiger partial charge in [-0.3, -0.25) is 9.69 Å². The van der Waals surface area contributed by atoms with E-state index in [1.165, 1.54) is 24.9 Å². The first kappa shape index (κ1) is 23.6. The summed E-state index contributed by atoms with van der Waals surface area (Å²) < 4.78 is 0. The molecule has 2 aliphatic rings. The lowest BCUT2D eigenvalue weighted by Gasteiger charge is -2.37. The van der Waals surface area contributed by atoms with Gasteiger partial charge in [-0.15, -0.1) is 0 Å². The Morgan fingerprint density at radius 3 is 2.55 bits per heavy atom. The fourth-order valence-corrected chi connectivity index (χ4v) is 4.83. The largest absolute Gasteiger partial charge is 0.388 e. The predicted molar refractivity (Wildman–Crippen MR) is 124 cm³/mol. The van der Waals surface area contributed by atoms with Crippen LogP contribution in [-0.4, -0.2) is 54.7 Å². The van der Waals surface area contributed by atoms with E-state index in [-0.39, 0.29) is 24.3 Å². The fraction of sp³-hybridized carbons (Fsp3) is 0.680. The van der Waals surface area contributed by atoms with Crippen molar-refractivity contribution in [3.8, 4) is 6.07 Å². The van der Waals surface area contributed by atoms with Crippen LogP contribution in [0.3, 0.4) is 0 Å². The molecule has 1 unspecified atom stereocenters. The normalized spacial score (nSPS) is 23.4. The standard InChI is InChI=1S/C25H38N4O2/c1-19(2)25(31)21-4-3-5-23(18-21)29-16-14-28(15-17-29)13-11-20-6-8-22(9-7-20)27-24(30)10-12-26/h3-5,18-20,22,25,31H,6-11,13-17H2,1-2H3,(H,27,30)/t20-,22-,25?. The molecule has 0 spiro atoms. The first-order valence-corrected chi connectivity index (χ1v) is 11.9. The molecule has 1 saturated heterocycles. The number of nitrogens with zero attached hydrogens (tertiary/aromatic N) is 3. The minimum Gasteiger partial charge on any atom is -0.388 e. The first-order valence-electron chi connectivity index (χ1n) is 11.9. The molecule has 0 radical (unpaired) electrons. The zero-order valence-corrected chi connectivity index (χ0v) is 19.1. The third-order valence-electron chi connectivity index (χ3n) is 6.89. The quantitative estimate of drug-likeness (QED) is 0.665.